The van der Waals surface area contributed by atoms with Gasteiger partial charge in [-0.3, -0.25) is 9.78 Å². The Morgan fingerprint density at radius 2 is 2.08 bits per heavy atom. The van der Waals surface area contributed by atoms with Crippen LogP contribution in [0.15, 0.2) is 42.7 Å². The molecule has 0 radical (unpaired) electrons. The number of hydrogen-bond donors (Lipinski definition) is 0. The van der Waals surface area contributed by atoms with Gasteiger partial charge < -0.3 is 19.3 Å². The molecular formula is C20H25N3O3. The van der Waals surface area contributed by atoms with Crippen molar-refractivity contribution < 1.29 is 14.3 Å². The molecule has 0 N–H and O–H groups in total. The van der Waals surface area contributed by atoms with Crippen molar-refractivity contribution in [3.05, 3.63) is 53.9 Å². The number of ether oxygens (including phenoxy) is 2. The fourth-order valence-corrected chi connectivity index (χ4v) is 3.10. The molecule has 1 fully saturated rings. The van der Waals surface area contributed by atoms with Crippen molar-refractivity contribution >= 4 is 11.6 Å². The van der Waals surface area contributed by atoms with E-state index in [4.69, 9.17) is 9.47 Å². The summed E-state index contributed by atoms with van der Waals surface area (Å²) in [6, 6.07) is 9.39. The maximum absolute atomic E-state index is 13.0. The van der Waals surface area contributed by atoms with Gasteiger partial charge in [0.2, 0.25) is 0 Å². The zero-order chi connectivity index (χ0) is 18.5. The second kappa shape index (κ2) is 8.19. The summed E-state index contributed by atoms with van der Waals surface area (Å²) in [5.74, 6) is 0.741. The molecule has 6 nitrogen and oxygen atoms in total. The summed E-state index contributed by atoms with van der Waals surface area (Å²) in [5.41, 5.74) is 2.58. The number of rotatable bonds is 5. The molecule has 138 valence electrons. The van der Waals surface area contributed by atoms with Gasteiger partial charge in [-0.2, -0.15) is 0 Å². The van der Waals surface area contributed by atoms with Gasteiger partial charge in [0.15, 0.2) is 0 Å². The van der Waals surface area contributed by atoms with Crippen LogP contribution in [0.2, 0.25) is 0 Å². The first kappa shape index (κ1) is 18.2. The van der Waals surface area contributed by atoms with Gasteiger partial charge in [0, 0.05) is 38.1 Å². The first-order chi connectivity index (χ1) is 12.6. The highest BCUT2D eigenvalue weighted by Gasteiger charge is 2.22. The number of amides is 1. The average Bonchev–Trinajstić information content (AvgIpc) is 2.73. The van der Waals surface area contributed by atoms with E-state index in [1.54, 1.807) is 24.4 Å². The number of nitrogens with zero attached hydrogens (tertiary/aromatic N) is 3. The minimum absolute atomic E-state index is 0.0292. The van der Waals surface area contributed by atoms with Crippen molar-refractivity contribution in [3.8, 4) is 5.75 Å². The van der Waals surface area contributed by atoms with E-state index < -0.39 is 0 Å². The molecule has 1 aliphatic rings. The van der Waals surface area contributed by atoms with Gasteiger partial charge >= 0.3 is 0 Å². The lowest BCUT2D eigenvalue weighted by Crippen LogP contribution is -2.36. The maximum Gasteiger partial charge on any atom is 0.254 e. The number of anilines is 1. The summed E-state index contributed by atoms with van der Waals surface area (Å²) in [4.78, 5) is 21.1. The number of benzene rings is 1. The van der Waals surface area contributed by atoms with E-state index in [1.807, 2.05) is 44.3 Å². The average molecular weight is 355 g/mol. The Hall–Kier alpha value is -2.60. The highest BCUT2D eigenvalue weighted by atomic mass is 16.5. The quantitative estimate of drug-likeness (QED) is 0.825. The molecule has 1 saturated heterocycles. The molecule has 2 heterocycles. The summed E-state index contributed by atoms with van der Waals surface area (Å²) in [5, 5.41) is 0. The van der Waals surface area contributed by atoms with E-state index in [-0.39, 0.29) is 11.9 Å². The highest BCUT2D eigenvalue weighted by Crippen LogP contribution is 2.31. The minimum atomic E-state index is -0.0647. The molecule has 1 aromatic carbocycles. The third kappa shape index (κ3) is 3.80. The largest absolute Gasteiger partial charge is 0.495 e. The molecule has 6 heteroatoms. The monoisotopic (exact) mass is 355 g/mol. The lowest BCUT2D eigenvalue weighted by molar-refractivity contribution is 0.0742. The molecule has 1 aliphatic heterocycles. The molecule has 1 amide bonds. The van der Waals surface area contributed by atoms with Crippen LogP contribution in [-0.2, 0) is 4.74 Å². The van der Waals surface area contributed by atoms with Gasteiger partial charge in [-0.1, -0.05) is 6.07 Å². The van der Waals surface area contributed by atoms with Crippen LogP contribution in [-0.4, -0.2) is 56.3 Å². The second-order valence-corrected chi connectivity index (χ2v) is 6.36. The van der Waals surface area contributed by atoms with Crippen molar-refractivity contribution in [2.75, 3.05) is 45.4 Å². The summed E-state index contributed by atoms with van der Waals surface area (Å²) >= 11 is 0. The van der Waals surface area contributed by atoms with Crippen LogP contribution in [0.4, 0.5) is 5.69 Å². The van der Waals surface area contributed by atoms with E-state index in [1.165, 1.54) is 0 Å². The number of hydrogen-bond acceptors (Lipinski definition) is 5. The van der Waals surface area contributed by atoms with E-state index >= 15 is 0 Å². The van der Waals surface area contributed by atoms with Gasteiger partial charge in [0.25, 0.3) is 5.91 Å². The number of morpholine rings is 1. The predicted molar refractivity (Wildman–Crippen MR) is 101 cm³/mol. The van der Waals surface area contributed by atoms with Crippen molar-refractivity contribution in [3.63, 3.8) is 0 Å². The molecule has 0 spiro atoms. The Kier molecular flexibility index (Phi) is 5.73. The van der Waals surface area contributed by atoms with Gasteiger partial charge in [0.1, 0.15) is 5.75 Å². The van der Waals surface area contributed by atoms with Crippen LogP contribution in [0.5, 0.6) is 5.75 Å². The zero-order valence-electron chi connectivity index (χ0n) is 15.5. The Balaban J connectivity index is 1.84. The Bertz CT molecular complexity index is 745. The number of carbonyl (C=O) groups excluding carboxylic acids is 1. The van der Waals surface area contributed by atoms with Gasteiger partial charge in [-0.25, -0.2) is 0 Å². The summed E-state index contributed by atoms with van der Waals surface area (Å²) < 4.78 is 10.9. The molecule has 0 bridgehead atoms. The summed E-state index contributed by atoms with van der Waals surface area (Å²) in [6.07, 6.45) is 3.53. The third-order valence-corrected chi connectivity index (χ3v) is 4.85. The Labute approximate surface area is 154 Å². The molecule has 3 rings (SSSR count). The maximum atomic E-state index is 13.0. The number of pyridine rings is 1. The van der Waals surface area contributed by atoms with E-state index in [2.05, 4.69) is 9.88 Å². The standard InChI is InChI=1S/C20H25N3O3/c1-15(17-5-4-8-21-14-17)22(2)20(24)16-6-7-19(25-3)18(13-16)23-9-11-26-12-10-23/h4-8,13-15H,9-12H2,1-3H3/t15-/m0/s1. The molecule has 0 unspecified atom stereocenters. The van der Waals surface area contributed by atoms with E-state index in [0.717, 1.165) is 30.1 Å². The number of carbonyl (C=O) groups is 1. The second-order valence-electron chi connectivity index (χ2n) is 6.36. The molecule has 0 aliphatic carbocycles. The van der Waals surface area contributed by atoms with Crippen LogP contribution in [0, 0.1) is 0 Å². The molecule has 0 saturated carbocycles. The highest BCUT2D eigenvalue weighted by molar-refractivity contribution is 5.95. The Morgan fingerprint density at radius 1 is 1.31 bits per heavy atom. The first-order valence-electron chi connectivity index (χ1n) is 8.79. The van der Waals surface area contributed by atoms with Crippen LogP contribution >= 0.6 is 0 Å². The third-order valence-electron chi connectivity index (χ3n) is 4.85. The fraction of sp³-hybridized carbons (Fsp3) is 0.400. The van der Waals surface area contributed by atoms with Crippen LogP contribution in [0.3, 0.4) is 0 Å². The van der Waals surface area contributed by atoms with Gasteiger partial charge in [0.05, 0.1) is 32.1 Å². The predicted octanol–water partition coefficient (Wildman–Crippen LogP) is 2.76. The summed E-state index contributed by atoms with van der Waals surface area (Å²) in [7, 11) is 3.47. The van der Waals surface area contributed by atoms with Crippen LogP contribution in [0.25, 0.3) is 0 Å². The summed E-state index contributed by atoms with van der Waals surface area (Å²) in [6.45, 7) is 4.94. The molecule has 1 aromatic heterocycles. The smallest absolute Gasteiger partial charge is 0.254 e. The van der Waals surface area contributed by atoms with E-state index in [0.29, 0.717) is 18.8 Å². The topological polar surface area (TPSA) is 54.9 Å². The van der Waals surface area contributed by atoms with Crippen molar-refractivity contribution in [2.24, 2.45) is 0 Å². The van der Waals surface area contributed by atoms with E-state index in [9.17, 15) is 4.79 Å². The number of methoxy groups -OCH3 is 1. The normalized spacial score (nSPS) is 15.4. The van der Waals surface area contributed by atoms with Crippen molar-refractivity contribution in [1.82, 2.24) is 9.88 Å². The van der Waals surface area contributed by atoms with Crippen molar-refractivity contribution in [1.29, 1.82) is 0 Å². The van der Waals surface area contributed by atoms with Gasteiger partial charge in [-0.05, 0) is 36.8 Å². The zero-order valence-corrected chi connectivity index (χ0v) is 15.5. The lowest BCUT2D eigenvalue weighted by atomic mass is 10.1. The minimum Gasteiger partial charge on any atom is -0.495 e. The Morgan fingerprint density at radius 3 is 2.73 bits per heavy atom. The first-order valence-corrected chi connectivity index (χ1v) is 8.79. The van der Waals surface area contributed by atoms with Gasteiger partial charge in [-0.15, -0.1) is 0 Å². The molecule has 2 aromatic rings. The molecule has 26 heavy (non-hydrogen) atoms. The SMILES string of the molecule is COc1ccc(C(=O)N(C)[C@@H](C)c2cccnc2)cc1N1CCOCC1. The fourth-order valence-electron chi connectivity index (χ4n) is 3.10. The molecule has 1 atom stereocenters. The van der Waals surface area contributed by atoms with Crippen LogP contribution in [0.1, 0.15) is 28.9 Å². The molecular weight excluding hydrogens is 330 g/mol. The van der Waals surface area contributed by atoms with Crippen molar-refractivity contribution in [2.45, 2.75) is 13.0 Å². The lowest BCUT2D eigenvalue weighted by Gasteiger charge is -2.31. The van der Waals surface area contributed by atoms with Crippen LogP contribution < -0.4 is 9.64 Å². The number of aromatic nitrogens is 1.